The lowest BCUT2D eigenvalue weighted by molar-refractivity contribution is 0.171. The van der Waals surface area contributed by atoms with Crippen LogP contribution in [0.4, 0.5) is 4.79 Å². The van der Waals surface area contributed by atoms with Gasteiger partial charge in [0.15, 0.2) is 0 Å². The molecule has 2 heterocycles. The number of terminal acetylenes is 1. The molecule has 150 valence electrons. The number of fused-ring (bicyclic) bond motifs is 1. The van der Waals surface area contributed by atoms with Crippen LogP contribution < -0.4 is 15.6 Å². The van der Waals surface area contributed by atoms with Crippen molar-refractivity contribution in [3.05, 3.63) is 0 Å². The number of carbonyl (C=O) groups excluding carboxylic acids is 1. The summed E-state index contributed by atoms with van der Waals surface area (Å²) in [6, 6.07) is -0.302. The van der Waals surface area contributed by atoms with Crippen LogP contribution in [0.1, 0.15) is 46.0 Å². The van der Waals surface area contributed by atoms with Crippen molar-refractivity contribution in [1.82, 2.24) is 25.4 Å². The Hall–Kier alpha value is -0.990. The molecule has 2 saturated heterocycles. The second-order valence-corrected chi connectivity index (χ2v) is 11.6. The normalized spacial score (nSPS) is 38.0. The fraction of sp³-hybridized carbons (Fsp3) is 0.824. The Morgan fingerprint density at radius 3 is 2.67 bits per heavy atom. The maximum absolute atomic E-state index is 13.1. The highest BCUT2D eigenvalue weighted by molar-refractivity contribution is 8.00. The first-order valence-electron chi connectivity index (χ1n) is 9.46. The molecule has 0 radical (unpaired) electrons. The zero-order valence-corrected chi connectivity index (χ0v) is 17.3. The second-order valence-electron chi connectivity index (χ2n) is 8.22. The first kappa shape index (κ1) is 19.3. The molecule has 5 atom stereocenters. The summed E-state index contributed by atoms with van der Waals surface area (Å²) in [6.45, 7) is 4.22. The van der Waals surface area contributed by atoms with Gasteiger partial charge in [0, 0.05) is 5.54 Å². The van der Waals surface area contributed by atoms with Crippen molar-refractivity contribution in [3.8, 4) is 12.3 Å². The van der Waals surface area contributed by atoms with E-state index in [-0.39, 0.29) is 41.1 Å². The van der Waals surface area contributed by atoms with Crippen molar-refractivity contribution >= 4 is 27.8 Å². The number of urea groups is 1. The van der Waals surface area contributed by atoms with Gasteiger partial charge >= 0.3 is 6.03 Å². The van der Waals surface area contributed by atoms with Crippen LogP contribution in [0, 0.1) is 12.3 Å². The highest BCUT2D eigenvalue weighted by Gasteiger charge is 2.54. The number of rotatable bonds is 5. The molecule has 0 aromatic rings. The smallest absolute Gasteiger partial charge is 0.308 e. The molecule has 0 spiro atoms. The van der Waals surface area contributed by atoms with Crippen LogP contribution in [-0.2, 0) is 10.0 Å². The van der Waals surface area contributed by atoms with E-state index in [1.165, 1.54) is 0 Å². The van der Waals surface area contributed by atoms with Gasteiger partial charge in [0.1, 0.15) is 5.50 Å². The number of nitrogens with one attached hydrogen (secondary N) is 3. The fourth-order valence-electron chi connectivity index (χ4n) is 4.33. The van der Waals surface area contributed by atoms with E-state index in [2.05, 4.69) is 21.5 Å². The summed E-state index contributed by atoms with van der Waals surface area (Å²) in [7, 11) is -3.41. The van der Waals surface area contributed by atoms with Crippen LogP contribution >= 0.6 is 11.8 Å². The molecule has 5 unspecified atom stereocenters. The van der Waals surface area contributed by atoms with E-state index in [0.717, 1.165) is 12.8 Å². The van der Waals surface area contributed by atoms with Crippen molar-refractivity contribution in [1.29, 1.82) is 0 Å². The van der Waals surface area contributed by atoms with Gasteiger partial charge in [0.2, 0.25) is 10.0 Å². The number of amides is 2. The lowest BCUT2D eigenvalue weighted by Gasteiger charge is -2.37. The highest BCUT2D eigenvalue weighted by atomic mass is 32.2. The Morgan fingerprint density at radius 1 is 1.33 bits per heavy atom. The molecular formula is C17H27N5O3S2. The van der Waals surface area contributed by atoms with Crippen LogP contribution in [0.3, 0.4) is 0 Å². The van der Waals surface area contributed by atoms with E-state index in [9.17, 15) is 13.2 Å². The highest BCUT2D eigenvalue weighted by Crippen LogP contribution is 2.41. The lowest BCUT2D eigenvalue weighted by Crippen LogP contribution is -2.53. The van der Waals surface area contributed by atoms with Gasteiger partial charge in [-0.25, -0.2) is 28.8 Å². The summed E-state index contributed by atoms with van der Waals surface area (Å²) in [5, 5.41) is -0.309. The summed E-state index contributed by atoms with van der Waals surface area (Å²) in [4.78, 5) is 16.6. The summed E-state index contributed by atoms with van der Waals surface area (Å²) in [5.74, 6) is 2.58. The number of sulfonamides is 1. The molecule has 8 nitrogen and oxygen atoms in total. The van der Waals surface area contributed by atoms with Crippen LogP contribution in [0.2, 0.25) is 0 Å². The van der Waals surface area contributed by atoms with E-state index in [1.54, 1.807) is 21.6 Å². The van der Waals surface area contributed by atoms with E-state index in [4.69, 9.17) is 6.42 Å². The SMILES string of the molecule is C#CCN1C(=O)N(C2NNC(C)S2)C2CC(S(=O)(=O)NC3(C)CC3)CCC21. The molecule has 4 aliphatic rings. The molecule has 4 rings (SSSR count). The van der Waals surface area contributed by atoms with Crippen molar-refractivity contribution in [2.45, 2.75) is 79.7 Å². The predicted octanol–water partition coefficient (Wildman–Crippen LogP) is 0.589. The molecule has 2 aliphatic heterocycles. The molecule has 3 N–H and O–H groups in total. The monoisotopic (exact) mass is 413 g/mol. The molecule has 4 fully saturated rings. The van der Waals surface area contributed by atoms with Gasteiger partial charge in [0.05, 0.1) is 29.3 Å². The molecule has 2 aliphatic carbocycles. The maximum Gasteiger partial charge on any atom is 0.323 e. The number of carbonyl (C=O) groups is 1. The summed E-state index contributed by atoms with van der Waals surface area (Å²) in [5.41, 5.74) is 5.77. The third-order valence-electron chi connectivity index (χ3n) is 6.04. The molecular weight excluding hydrogens is 386 g/mol. The second kappa shape index (κ2) is 6.81. The van der Waals surface area contributed by atoms with Gasteiger partial charge in [0.25, 0.3) is 0 Å². The van der Waals surface area contributed by atoms with Gasteiger partial charge in [-0.15, -0.1) is 18.2 Å². The number of hydrogen-bond acceptors (Lipinski definition) is 6. The standard InChI is InChI=1S/C17H27N5O3S2/c1-4-9-21-13-6-5-12(27(24,25)20-17(3)7-8-17)10-14(13)22(16(21)23)15-19-18-11(2)26-15/h1,11-15,18-20H,5-10H2,2-3H3. The molecule has 0 bridgehead atoms. The van der Waals surface area contributed by atoms with Crippen molar-refractivity contribution in [2.24, 2.45) is 0 Å². The fourth-order valence-corrected chi connectivity index (χ4v) is 7.32. The van der Waals surface area contributed by atoms with Crippen LogP contribution in [0.15, 0.2) is 0 Å². The van der Waals surface area contributed by atoms with Gasteiger partial charge in [-0.1, -0.05) is 5.92 Å². The molecule has 10 heteroatoms. The minimum Gasteiger partial charge on any atom is -0.308 e. The van der Waals surface area contributed by atoms with Gasteiger partial charge in [-0.3, -0.25) is 4.90 Å². The Kier molecular flexibility index (Phi) is 4.88. The quantitative estimate of drug-likeness (QED) is 0.571. The number of hydrogen-bond donors (Lipinski definition) is 3. The van der Waals surface area contributed by atoms with E-state index in [1.807, 2.05) is 13.8 Å². The van der Waals surface area contributed by atoms with Crippen molar-refractivity contribution < 1.29 is 13.2 Å². The topological polar surface area (TPSA) is 93.8 Å². The first-order chi connectivity index (χ1) is 12.7. The predicted molar refractivity (Wildman–Crippen MR) is 105 cm³/mol. The maximum atomic E-state index is 13.1. The first-order valence-corrected chi connectivity index (χ1v) is 11.9. The largest absolute Gasteiger partial charge is 0.323 e. The molecule has 27 heavy (non-hydrogen) atoms. The van der Waals surface area contributed by atoms with Crippen molar-refractivity contribution in [3.63, 3.8) is 0 Å². The molecule has 2 amide bonds. The van der Waals surface area contributed by atoms with Gasteiger partial charge in [-0.2, -0.15) is 0 Å². The Balaban J connectivity index is 1.56. The molecule has 0 aromatic carbocycles. The minimum atomic E-state index is -3.41. The average molecular weight is 414 g/mol. The average Bonchev–Trinajstić information content (AvgIpc) is 3.05. The Bertz CT molecular complexity index is 763. The Morgan fingerprint density at radius 2 is 2.07 bits per heavy atom. The summed E-state index contributed by atoms with van der Waals surface area (Å²) < 4.78 is 28.7. The van der Waals surface area contributed by atoms with Crippen LogP contribution in [0.25, 0.3) is 0 Å². The molecule has 0 aromatic heterocycles. The minimum absolute atomic E-state index is 0.0326. The van der Waals surface area contributed by atoms with Crippen LogP contribution in [-0.4, -0.2) is 64.5 Å². The Labute approximate surface area is 165 Å². The molecule has 2 saturated carbocycles. The number of thioether (sulfide) groups is 1. The summed E-state index contributed by atoms with van der Waals surface area (Å²) in [6.07, 6.45) is 8.90. The van der Waals surface area contributed by atoms with Crippen molar-refractivity contribution in [2.75, 3.05) is 6.54 Å². The number of hydrazine groups is 1. The van der Waals surface area contributed by atoms with Gasteiger partial charge < -0.3 is 4.90 Å². The lowest BCUT2D eigenvalue weighted by atomic mass is 9.90. The summed E-state index contributed by atoms with van der Waals surface area (Å²) >= 11 is 1.61. The number of nitrogens with zero attached hydrogens (tertiary/aromatic N) is 2. The van der Waals surface area contributed by atoms with E-state index >= 15 is 0 Å². The van der Waals surface area contributed by atoms with Gasteiger partial charge in [-0.05, 0) is 46.0 Å². The van der Waals surface area contributed by atoms with Crippen LogP contribution in [0.5, 0.6) is 0 Å². The third-order valence-corrected chi connectivity index (χ3v) is 9.25. The third kappa shape index (κ3) is 3.56. The zero-order chi connectivity index (χ0) is 19.4. The zero-order valence-electron chi connectivity index (χ0n) is 15.6. The van der Waals surface area contributed by atoms with E-state index < -0.39 is 15.3 Å². The van der Waals surface area contributed by atoms with E-state index in [0.29, 0.717) is 19.3 Å².